The monoisotopic (exact) mass is 329 g/mol. The lowest BCUT2D eigenvalue weighted by molar-refractivity contribution is 0.728. The molecule has 0 aliphatic heterocycles. The number of benzene rings is 1. The second kappa shape index (κ2) is 5.53. The third-order valence-corrected chi connectivity index (χ3v) is 4.76. The van der Waals surface area contributed by atoms with Crippen LogP contribution in [-0.4, -0.2) is 0 Å². The van der Waals surface area contributed by atoms with E-state index in [9.17, 15) is 0 Å². The normalized spacial score (nSPS) is 12.7. The van der Waals surface area contributed by atoms with Gasteiger partial charge in [-0.3, -0.25) is 0 Å². The van der Waals surface area contributed by atoms with Gasteiger partial charge in [0.1, 0.15) is 0 Å². The zero-order chi connectivity index (χ0) is 12.4. The predicted octanol–water partition coefficient (Wildman–Crippen LogP) is 4.71. The van der Waals surface area contributed by atoms with Crippen molar-refractivity contribution in [1.29, 1.82) is 0 Å². The first-order valence-corrected chi connectivity index (χ1v) is 7.36. The van der Waals surface area contributed by atoms with Crippen LogP contribution in [0.4, 0.5) is 0 Å². The summed E-state index contributed by atoms with van der Waals surface area (Å²) >= 11 is 11.3. The highest BCUT2D eigenvalue weighted by Crippen LogP contribution is 2.28. The maximum absolute atomic E-state index is 6.22. The molecule has 2 N–H and O–H groups in total. The van der Waals surface area contributed by atoms with Crippen molar-refractivity contribution >= 4 is 38.9 Å². The van der Waals surface area contributed by atoms with Crippen LogP contribution in [0.3, 0.4) is 0 Å². The van der Waals surface area contributed by atoms with Crippen LogP contribution in [0.5, 0.6) is 0 Å². The van der Waals surface area contributed by atoms with E-state index in [-0.39, 0.29) is 6.04 Å². The van der Waals surface area contributed by atoms with Gasteiger partial charge in [-0.15, -0.1) is 11.3 Å². The third kappa shape index (κ3) is 3.32. The molecule has 1 heterocycles. The molecule has 0 aliphatic rings. The highest BCUT2D eigenvalue weighted by atomic mass is 79.9. The van der Waals surface area contributed by atoms with Gasteiger partial charge in [0.15, 0.2) is 0 Å². The number of aryl methyl sites for hydroxylation is 1. The maximum atomic E-state index is 6.22. The molecule has 1 nitrogen and oxygen atoms in total. The number of hydrogen-bond donors (Lipinski definition) is 1. The Labute approximate surface area is 119 Å². The van der Waals surface area contributed by atoms with Crippen LogP contribution in [0.2, 0.25) is 5.02 Å². The SMILES string of the molecule is Cc1cc(Cl)cc(C(N)Cc2sccc2Br)c1. The molecule has 2 aromatic rings. The van der Waals surface area contributed by atoms with Crippen molar-refractivity contribution in [2.75, 3.05) is 0 Å². The minimum atomic E-state index is -0.0117. The highest BCUT2D eigenvalue weighted by molar-refractivity contribution is 9.10. The molecule has 17 heavy (non-hydrogen) atoms. The van der Waals surface area contributed by atoms with Crippen LogP contribution >= 0.6 is 38.9 Å². The fraction of sp³-hybridized carbons (Fsp3) is 0.231. The van der Waals surface area contributed by atoms with Crippen LogP contribution < -0.4 is 5.73 Å². The van der Waals surface area contributed by atoms with Gasteiger partial charge in [-0.05, 0) is 57.6 Å². The van der Waals surface area contributed by atoms with E-state index in [2.05, 4.69) is 33.4 Å². The second-order valence-corrected chi connectivity index (χ2v) is 6.36. The van der Waals surface area contributed by atoms with E-state index in [0.29, 0.717) is 0 Å². The van der Waals surface area contributed by atoms with Gasteiger partial charge in [0.2, 0.25) is 0 Å². The number of thiophene rings is 1. The molecule has 0 fully saturated rings. The quantitative estimate of drug-likeness (QED) is 0.866. The van der Waals surface area contributed by atoms with Gasteiger partial charge in [0, 0.05) is 26.8 Å². The Hall–Kier alpha value is -0.350. The summed E-state index contributed by atoms with van der Waals surface area (Å²) < 4.78 is 1.14. The molecular weight excluding hydrogens is 318 g/mol. The summed E-state index contributed by atoms with van der Waals surface area (Å²) in [5, 5.41) is 2.82. The number of hydrogen-bond acceptors (Lipinski definition) is 2. The van der Waals surface area contributed by atoms with Crippen molar-refractivity contribution in [2.45, 2.75) is 19.4 Å². The molecule has 1 unspecified atom stereocenters. The van der Waals surface area contributed by atoms with E-state index in [1.165, 1.54) is 4.88 Å². The van der Waals surface area contributed by atoms with Gasteiger partial charge in [-0.2, -0.15) is 0 Å². The molecule has 0 radical (unpaired) electrons. The molecule has 0 saturated heterocycles. The first kappa shape index (κ1) is 13.1. The van der Waals surface area contributed by atoms with Crippen molar-refractivity contribution in [2.24, 2.45) is 5.73 Å². The van der Waals surface area contributed by atoms with E-state index in [1.54, 1.807) is 11.3 Å². The van der Waals surface area contributed by atoms with E-state index in [4.69, 9.17) is 17.3 Å². The van der Waals surface area contributed by atoms with Gasteiger partial charge >= 0.3 is 0 Å². The first-order valence-electron chi connectivity index (χ1n) is 5.31. The maximum Gasteiger partial charge on any atom is 0.0411 e. The average Bonchev–Trinajstić information content (AvgIpc) is 2.63. The average molecular weight is 331 g/mol. The molecule has 0 spiro atoms. The van der Waals surface area contributed by atoms with Crippen molar-refractivity contribution in [3.05, 3.63) is 55.1 Å². The summed E-state index contributed by atoms with van der Waals surface area (Å²) in [4.78, 5) is 1.27. The summed E-state index contributed by atoms with van der Waals surface area (Å²) in [6.45, 7) is 2.03. The topological polar surface area (TPSA) is 26.0 Å². The van der Waals surface area contributed by atoms with E-state index >= 15 is 0 Å². The summed E-state index contributed by atoms with van der Waals surface area (Å²) in [6.07, 6.45) is 0.831. The molecule has 1 atom stereocenters. The fourth-order valence-corrected chi connectivity index (χ4v) is 3.64. The highest BCUT2D eigenvalue weighted by Gasteiger charge is 2.11. The van der Waals surface area contributed by atoms with Crippen LogP contribution in [0.25, 0.3) is 0 Å². The zero-order valence-electron chi connectivity index (χ0n) is 9.41. The van der Waals surface area contributed by atoms with E-state index in [1.807, 2.05) is 19.1 Å². The van der Waals surface area contributed by atoms with Gasteiger partial charge in [0.25, 0.3) is 0 Å². The minimum Gasteiger partial charge on any atom is -0.324 e. The number of rotatable bonds is 3. The molecule has 4 heteroatoms. The Morgan fingerprint density at radius 2 is 2.18 bits per heavy atom. The van der Waals surface area contributed by atoms with Crippen LogP contribution in [0.15, 0.2) is 34.1 Å². The van der Waals surface area contributed by atoms with Gasteiger partial charge in [-0.1, -0.05) is 17.7 Å². The number of halogens is 2. The molecule has 0 amide bonds. The predicted molar refractivity (Wildman–Crippen MR) is 78.8 cm³/mol. The summed E-state index contributed by atoms with van der Waals surface area (Å²) in [7, 11) is 0. The Bertz CT molecular complexity index is 504. The molecule has 0 saturated carbocycles. The minimum absolute atomic E-state index is 0.0117. The molecule has 90 valence electrons. The third-order valence-electron chi connectivity index (χ3n) is 2.59. The van der Waals surface area contributed by atoms with Crippen molar-refractivity contribution in [3.8, 4) is 0 Å². The number of nitrogens with two attached hydrogens (primary N) is 1. The lowest BCUT2D eigenvalue weighted by Crippen LogP contribution is -2.13. The van der Waals surface area contributed by atoms with Crippen LogP contribution in [-0.2, 0) is 6.42 Å². The van der Waals surface area contributed by atoms with Crippen LogP contribution in [0, 0.1) is 6.92 Å². The molecule has 2 rings (SSSR count). The Balaban J connectivity index is 2.20. The van der Waals surface area contributed by atoms with Crippen molar-refractivity contribution in [3.63, 3.8) is 0 Å². The van der Waals surface area contributed by atoms with Crippen LogP contribution in [0.1, 0.15) is 22.0 Å². The molecule has 0 bridgehead atoms. The Morgan fingerprint density at radius 3 is 2.76 bits per heavy atom. The Kier molecular flexibility index (Phi) is 4.26. The molecule has 1 aromatic heterocycles. The van der Waals surface area contributed by atoms with E-state index in [0.717, 1.165) is 27.0 Å². The summed E-state index contributed by atoms with van der Waals surface area (Å²) in [5.74, 6) is 0. The van der Waals surface area contributed by atoms with Gasteiger partial charge in [-0.25, -0.2) is 0 Å². The largest absolute Gasteiger partial charge is 0.324 e. The summed E-state index contributed by atoms with van der Waals surface area (Å²) in [5.41, 5.74) is 8.46. The Morgan fingerprint density at radius 1 is 1.41 bits per heavy atom. The lowest BCUT2D eigenvalue weighted by atomic mass is 10.0. The van der Waals surface area contributed by atoms with Crippen molar-refractivity contribution in [1.82, 2.24) is 0 Å². The molecule has 0 aliphatic carbocycles. The molecular formula is C13H13BrClNS. The van der Waals surface area contributed by atoms with Gasteiger partial charge < -0.3 is 5.73 Å². The first-order chi connectivity index (χ1) is 8.06. The standard InChI is InChI=1S/C13H13BrClNS/c1-8-4-9(6-10(15)5-8)12(16)7-13-11(14)2-3-17-13/h2-6,12H,7,16H2,1H3. The van der Waals surface area contributed by atoms with Crippen molar-refractivity contribution < 1.29 is 0 Å². The fourth-order valence-electron chi connectivity index (χ4n) is 1.77. The molecule has 1 aromatic carbocycles. The van der Waals surface area contributed by atoms with Gasteiger partial charge in [0.05, 0.1) is 0 Å². The smallest absolute Gasteiger partial charge is 0.0411 e. The van der Waals surface area contributed by atoms with E-state index < -0.39 is 0 Å². The second-order valence-electron chi connectivity index (χ2n) is 4.06. The zero-order valence-corrected chi connectivity index (χ0v) is 12.6. The summed E-state index contributed by atoms with van der Waals surface area (Å²) in [6, 6.07) is 8.02. The lowest BCUT2D eigenvalue weighted by Gasteiger charge is -2.12.